The molecule has 1 heterocycles. The summed E-state index contributed by atoms with van der Waals surface area (Å²) in [6.45, 7) is 3.01. The number of methoxy groups -OCH3 is 1. The van der Waals surface area contributed by atoms with E-state index in [1.807, 2.05) is 6.20 Å². The van der Waals surface area contributed by atoms with Gasteiger partial charge >= 0.3 is 0 Å². The minimum atomic E-state index is -0.693. The van der Waals surface area contributed by atoms with Crippen LogP contribution in [0.5, 0.6) is 5.75 Å². The summed E-state index contributed by atoms with van der Waals surface area (Å²) in [6, 6.07) is 5.24. The van der Waals surface area contributed by atoms with Gasteiger partial charge in [-0.05, 0) is 24.6 Å². The highest BCUT2D eigenvalue weighted by molar-refractivity contribution is 6.30. The molecule has 0 saturated carbocycles. The molecule has 0 bridgehead atoms. The van der Waals surface area contributed by atoms with Crippen molar-refractivity contribution in [2.45, 2.75) is 32.4 Å². The number of aliphatic hydroxyl groups is 1. The Hall–Kier alpha value is -1.52. The highest BCUT2D eigenvalue weighted by Gasteiger charge is 2.17. The molecule has 0 spiro atoms. The fourth-order valence-corrected chi connectivity index (χ4v) is 2.40. The van der Waals surface area contributed by atoms with Crippen LogP contribution in [0.25, 0.3) is 0 Å². The first-order valence-corrected chi connectivity index (χ1v) is 7.05. The van der Waals surface area contributed by atoms with Crippen LogP contribution >= 0.6 is 11.6 Å². The van der Waals surface area contributed by atoms with Gasteiger partial charge in [0.05, 0.1) is 13.2 Å². The number of rotatable bonds is 6. The number of hydrogen-bond acceptors (Lipinski definition) is 3. The molecule has 20 heavy (non-hydrogen) atoms. The van der Waals surface area contributed by atoms with Crippen molar-refractivity contribution in [2.75, 3.05) is 7.11 Å². The zero-order chi connectivity index (χ0) is 14.5. The Kier molecular flexibility index (Phi) is 5.04. The topological polar surface area (TPSA) is 47.3 Å². The van der Waals surface area contributed by atoms with Crippen LogP contribution in [0.4, 0.5) is 0 Å². The largest absolute Gasteiger partial charge is 0.496 e. The predicted molar refractivity (Wildman–Crippen MR) is 79.2 cm³/mol. The van der Waals surface area contributed by atoms with Gasteiger partial charge in [0.1, 0.15) is 11.6 Å². The standard InChI is InChI=1S/C15H19ClN2O2/c1-3-7-18-8-6-17-15(18)10-13(19)12-9-11(16)4-5-14(12)20-2/h4-6,8-9,13,19H,3,7,10H2,1-2H3. The average molecular weight is 295 g/mol. The average Bonchev–Trinajstić information content (AvgIpc) is 2.86. The molecule has 1 unspecified atom stereocenters. The molecule has 1 aromatic carbocycles. The maximum absolute atomic E-state index is 10.4. The molecule has 1 N–H and O–H groups in total. The normalized spacial score (nSPS) is 12.4. The number of imidazole rings is 1. The van der Waals surface area contributed by atoms with Gasteiger partial charge in [-0.2, -0.15) is 0 Å². The van der Waals surface area contributed by atoms with Crippen molar-refractivity contribution in [1.29, 1.82) is 0 Å². The van der Waals surface area contributed by atoms with Crippen LogP contribution in [0.1, 0.15) is 30.8 Å². The molecule has 0 aliphatic heterocycles. The SMILES string of the molecule is CCCn1ccnc1CC(O)c1cc(Cl)ccc1OC. The second-order valence-electron chi connectivity index (χ2n) is 4.64. The minimum absolute atomic E-state index is 0.434. The number of benzene rings is 1. The van der Waals surface area contributed by atoms with Gasteiger partial charge in [-0.15, -0.1) is 0 Å². The predicted octanol–water partition coefficient (Wildman–Crippen LogP) is 3.23. The van der Waals surface area contributed by atoms with E-state index in [-0.39, 0.29) is 0 Å². The zero-order valence-electron chi connectivity index (χ0n) is 11.7. The molecule has 1 aromatic heterocycles. The van der Waals surface area contributed by atoms with Crippen molar-refractivity contribution in [3.05, 3.63) is 47.0 Å². The number of nitrogens with zero attached hydrogens (tertiary/aromatic N) is 2. The lowest BCUT2D eigenvalue weighted by Gasteiger charge is -2.15. The fourth-order valence-electron chi connectivity index (χ4n) is 2.22. The van der Waals surface area contributed by atoms with Crippen LogP contribution in [-0.4, -0.2) is 21.8 Å². The Morgan fingerprint density at radius 3 is 2.95 bits per heavy atom. The maximum Gasteiger partial charge on any atom is 0.124 e. The van der Waals surface area contributed by atoms with Crippen LogP contribution < -0.4 is 4.74 Å². The third-order valence-corrected chi connectivity index (χ3v) is 3.43. The lowest BCUT2D eigenvalue weighted by molar-refractivity contribution is 0.170. The molecular formula is C15H19ClN2O2. The monoisotopic (exact) mass is 294 g/mol. The first-order valence-electron chi connectivity index (χ1n) is 6.67. The van der Waals surface area contributed by atoms with Crippen molar-refractivity contribution >= 4 is 11.6 Å². The van der Waals surface area contributed by atoms with E-state index in [0.29, 0.717) is 22.8 Å². The van der Waals surface area contributed by atoms with Crippen LogP contribution in [0, 0.1) is 0 Å². The molecule has 108 valence electrons. The number of halogens is 1. The molecule has 0 aliphatic carbocycles. The van der Waals surface area contributed by atoms with Gasteiger partial charge < -0.3 is 14.4 Å². The van der Waals surface area contributed by atoms with E-state index in [2.05, 4.69) is 16.5 Å². The zero-order valence-corrected chi connectivity index (χ0v) is 12.5. The van der Waals surface area contributed by atoms with Crippen molar-refractivity contribution in [3.8, 4) is 5.75 Å². The third-order valence-electron chi connectivity index (χ3n) is 3.19. The molecule has 5 heteroatoms. The molecule has 0 amide bonds. The number of hydrogen-bond donors (Lipinski definition) is 1. The molecule has 1 atom stereocenters. The van der Waals surface area contributed by atoms with E-state index >= 15 is 0 Å². The summed E-state index contributed by atoms with van der Waals surface area (Å²) < 4.78 is 7.33. The van der Waals surface area contributed by atoms with Gasteiger partial charge in [-0.25, -0.2) is 4.98 Å². The smallest absolute Gasteiger partial charge is 0.124 e. The van der Waals surface area contributed by atoms with Crippen molar-refractivity contribution < 1.29 is 9.84 Å². The lowest BCUT2D eigenvalue weighted by atomic mass is 10.1. The Bertz CT molecular complexity index is 569. The minimum Gasteiger partial charge on any atom is -0.496 e. The Labute approximate surface area is 124 Å². The van der Waals surface area contributed by atoms with E-state index in [1.165, 1.54) is 0 Å². The quantitative estimate of drug-likeness (QED) is 0.890. The maximum atomic E-state index is 10.4. The molecule has 0 saturated heterocycles. The Morgan fingerprint density at radius 1 is 1.45 bits per heavy atom. The van der Waals surface area contributed by atoms with Crippen molar-refractivity contribution in [2.24, 2.45) is 0 Å². The highest BCUT2D eigenvalue weighted by Crippen LogP contribution is 2.30. The van der Waals surface area contributed by atoms with E-state index in [4.69, 9.17) is 16.3 Å². The molecule has 0 aliphatic rings. The van der Waals surface area contributed by atoms with E-state index in [1.54, 1.807) is 31.5 Å². The van der Waals surface area contributed by atoms with Gasteiger partial charge in [-0.3, -0.25) is 0 Å². The summed E-state index contributed by atoms with van der Waals surface area (Å²) in [5.74, 6) is 1.50. The van der Waals surface area contributed by atoms with Crippen molar-refractivity contribution in [3.63, 3.8) is 0 Å². The van der Waals surface area contributed by atoms with Crippen LogP contribution in [0.3, 0.4) is 0 Å². The second-order valence-corrected chi connectivity index (χ2v) is 5.08. The Balaban J connectivity index is 2.21. The number of ether oxygens (including phenoxy) is 1. The van der Waals surface area contributed by atoms with Gasteiger partial charge in [0, 0.05) is 35.9 Å². The van der Waals surface area contributed by atoms with Crippen LogP contribution in [0.15, 0.2) is 30.6 Å². The molecule has 0 radical (unpaired) electrons. The summed E-state index contributed by atoms with van der Waals surface area (Å²) >= 11 is 5.99. The van der Waals surface area contributed by atoms with E-state index < -0.39 is 6.10 Å². The molecular weight excluding hydrogens is 276 g/mol. The van der Waals surface area contributed by atoms with Gasteiger partial charge in [0.25, 0.3) is 0 Å². The molecule has 2 aromatic rings. The second kappa shape index (κ2) is 6.77. The van der Waals surface area contributed by atoms with Crippen LogP contribution in [-0.2, 0) is 13.0 Å². The van der Waals surface area contributed by atoms with Gasteiger partial charge in [0.2, 0.25) is 0 Å². The fraction of sp³-hybridized carbons (Fsp3) is 0.400. The summed E-state index contributed by atoms with van der Waals surface area (Å²) in [7, 11) is 1.58. The lowest BCUT2D eigenvalue weighted by Crippen LogP contribution is -2.10. The number of aryl methyl sites for hydroxylation is 1. The molecule has 0 fully saturated rings. The van der Waals surface area contributed by atoms with Gasteiger partial charge in [0.15, 0.2) is 0 Å². The summed E-state index contributed by atoms with van der Waals surface area (Å²) in [4.78, 5) is 4.31. The third kappa shape index (κ3) is 3.32. The van der Waals surface area contributed by atoms with Crippen LogP contribution in [0.2, 0.25) is 5.02 Å². The summed E-state index contributed by atoms with van der Waals surface area (Å²) in [6.07, 6.45) is 4.46. The van der Waals surface area contributed by atoms with E-state index in [0.717, 1.165) is 18.8 Å². The first-order chi connectivity index (χ1) is 9.65. The van der Waals surface area contributed by atoms with E-state index in [9.17, 15) is 5.11 Å². The number of aliphatic hydroxyl groups excluding tert-OH is 1. The summed E-state index contributed by atoms with van der Waals surface area (Å²) in [5.41, 5.74) is 0.686. The summed E-state index contributed by atoms with van der Waals surface area (Å²) in [5, 5.41) is 11.0. The van der Waals surface area contributed by atoms with Crippen molar-refractivity contribution in [1.82, 2.24) is 9.55 Å². The number of aromatic nitrogens is 2. The molecule has 4 nitrogen and oxygen atoms in total. The van der Waals surface area contributed by atoms with Gasteiger partial charge in [-0.1, -0.05) is 18.5 Å². The Morgan fingerprint density at radius 2 is 2.25 bits per heavy atom. The molecule has 2 rings (SSSR count). The highest BCUT2D eigenvalue weighted by atomic mass is 35.5. The first kappa shape index (κ1) is 14.9.